The van der Waals surface area contributed by atoms with E-state index in [1.165, 1.54) is 46.8 Å². The molecule has 2 N–H and O–H groups in total. The Morgan fingerprint density at radius 3 is 2.06 bits per heavy atom. The van der Waals surface area contributed by atoms with Crippen LogP contribution in [-0.4, -0.2) is 60.1 Å². The summed E-state index contributed by atoms with van der Waals surface area (Å²) in [6.07, 6.45) is 1.42. The number of amides is 2. The van der Waals surface area contributed by atoms with Gasteiger partial charge < -0.3 is 29.0 Å². The van der Waals surface area contributed by atoms with Gasteiger partial charge in [-0.25, -0.2) is 5.43 Å². The van der Waals surface area contributed by atoms with E-state index in [2.05, 4.69) is 15.8 Å². The van der Waals surface area contributed by atoms with E-state index in [9.17, 15) is 9.59 Å². The maximum atomic E-state index is 12.4. The Bertz CT molecular complexity index is 935. The minimum absolute atomic E-state index is 0.243. The van der Waals surface area contributed by atoms with Gasteiger partial charge in [0, 0.05) is 11.1 Å². The van der Waals surface area contributed by atoms with Gasteiger partial charge in [0.1, 0.15) is 11.5 Å². The van der Waals surface area contributed by atoms with Gasteiger partial charge in [-0.05, 0) is 30.3 Å². The minimum atomic E-state index is -0.515. The predicted molar refractivity (Wildman–Crippen MR) is 114 cm³/mol. The van der Waals surface area contributed by atoms with Crippen LogP contribution in [0.5, 0.6) is 28.7 Å². The zero-order valence-electron chi connectivity index (χ0n) is 18.0. The van der Waals surface area contributed by atoms with Crippen molar-refractivity contribution in [2.75, 3.05) is 42.1 Å². The highest BCUT2D eigenvalue weighted by molar-refractivity contribution is 5.97. The van der Waals surface area contributed by atoms with Gasteiger partial charge in [-0.3, -0.25) is 9.59 Å². The van der Waals surface area contributed by atoms with Crippen molar-refractivity contribution in [2.24, 2.45) is 5.10 Å². The fourth-order valence-corrected chi connectivity index (χ4v) is 2.63. The van der Waals surface area contributed by atoms with Gasteiger partial charge in [-0.2, -0.15) is 5.10 Å². The van der Waals surface area contributed by atoms with Crippen molar-refractivity contribution in [3.63, 3.8) is 0 Å². The molecular weight excluding hydrogens is 406 g/mol. The van der Waals surface area contributed by atoms with Crippen molar-refractivity contribution in [3.05, 3.63) is 41.5 Å². The predicted octanol–water partition coefficient (Wildman–Crippen LogP) is 1.61. The monoisotopic (exact) mass is 431 g/mol. The van der Waals surface area contributed by atoms with Crippen LogP contribution < -0.4 is 34.4 Å². The SMILES string of the molecule is COc1ccc(OC)c(C=NNC(=O)CNC(=O)c2cc(OC)c(OC)c(OC)c2)c1. The van der Waals surface area contributed by atoms with Crippen molar-refractivity contribution in [1.82, 2.24) is 10.7 Å². The van der Waals surface area contributed by atoms with Gasteiger partial charge in [-0.15, -0.1) is 0 Å². The molecule has 31 heavy (non-hydrogen) atoms. The highest BCUT2D eigenvalue weighted by Gasteiger charge is 2.17. The smallest absolute Gasteiger partial charge is 0.259 e. The summed E-state index contributed by atoms with van der Waals surface area (Å²) in [5, 5.41) is 6.39. The van der Waals surface area contributed by atoms with Gasteiger partial charge in [-0.1, -0.05) is 0 Å². The van der Waals surface area contributed by atoms with E-state index >= 15 is 0 Å². The molecule has 10 nitrogen and oxygen atoms in total. The Hall–Kier alpha value is -3.95. The molecule has 0 unspecified atom stereocenters. The van der Waals surface area contributed by atoms with Gasteiger partial charge in [0.05, 0.1) is 48.3 Å². The van der Waals surface area contributed by atoms with E-state index in [1.807, 2.05) is 0 Å². The number of ether oxygens (including phenoxy) is 5. The number of hydrogen-bond donors (Lipinski definition) is 2. The maximum absolute atomic E-state index is 12.4. The van der Waals surface area contributed by atoms with Crippen LogP contribution >= 0.6 is 0 Å². The van der Waals surface area contributed by atoms with Crippen LogP contribution in [0.25, 0.3) is 0 Å². The number of nitrogens with zero attached hydrogens (tertiary/aromatic N) is 1. The highest BCUT2D eigenvalue weighted by atomic mass is 16.5. The summed E-state index contributed by atoms with van der Waals surface area (Å²) in [6.45, 7) is -0.290. The van der Waals surface area contributed by atoms with Crippen molar-refractivity contribution in [2.45, 2.75) is 0 Å². The van der Waals surface area contributed by atoms with E-state index < -0.39 is 11.8 Å². The second-order valence-corrected chi connectivity index (χ2v) is 6.00. The van der Waals surface area contributed by atoms with Crippen molar-refractivity contribution >= 4 is 18.0 Å². The van der Waals surface area contributed by atoms with E-state index in [0.29, 0.717) is 34.3 Å². The molecule has 0 spiro atoms. The average molecular weight is 431 g/mol. The molecule has 0 saturated heterocycles. The van der Waals surface area contributed by atoms with Crippen LogP contribution in [0.4, 0.5) is 0 Å². The normalized spacial score (nSPS) is 10.4. The number of benzene rings is 2. The highest BCUT2D eigenvalue weighted by Crippen LogP contribution is 2.38. The molecule has 0 bridgehead atoms. The average Bonchev–Trinajstić information content (AvgIpc) is 2.81. The van der Waals surface area contributed by atoms with Gasteiger partial charge in [0.2, 0.25) is 5.75 Å². The maximum Gasteiger partial charge on any atom is 0.259 e. The minimum Gasteiger partial charge on any atom is -0.497 e. The van der Waals surface area contributed by atoms with Gasteiger partial charge in [0.25, 0.3) is 11.8 Å². The molecular formula is C21H25N3O7. The van der Waals surface area contributed by atoms with Crippen LogP contribution in [0, 0.1) is 0 Å². The van der Waals surface area contributed by atoms with E-state index in [0.717, 1.165) is 0 Å². The van der Waals surface area contributed by atoms with E-state index in [4.69, 9.17) is 23.7 Å². The molecule has 2 aromatic rings. The third kappa shape index (κ3) is 6.01. The molecule has 0 aliphatic carbocycles. The van der Waals surface area contributed by atoms with Gasteiger partial charge in [0.15, 0.2) is 11.5 Å². The molecule has 10 heteroatoms. The third-order valence-electron chi connectivity index (χ3n) is 4.17. The molecule has 2 aromatic carbocycles. The lowest BCUT2D eigenvalue weighted by molar-refractivity contribution is -0.120. The number of nitrogens with one attached hydrogen (secondary N) is 2. The summed E-state index contributed by atoms with van der Waals surface area (Å²) in [6, 6.07) is 8.15. The number of carbonyl (C=O) groups is 2. The largest absolute Gasteiger partial charge is 0.497 e. The quantitative estimate of drug-likeness (QED) is 0.434. The van der Waals surface area contributed by atoms with Crippen molar-refractivity contribution < 1.29 is 33.3 Å². The lowest BCUT2D eigenvalue weighted by atomic mass is 10.1. The summed E-state index contributed by atoms with van der Waals surface area (Å²) < 4.78 is 26.1. The second-order valence-electron chi connectivity index (χ2n) is 6.00. The number of methoxy groups -OCH3 is 5. The summed E-state index contributed by atoms with van der Waals surface area (Å²) in [4.78, 5) is 24.5. The van der Waals surface area contributed by atoms with Crippen LogP contribution in [0.1, 0.15) is 15.9 Å². The first-order valence-corrected chi connectivity index (χ1v) is 9.09. The molecule has 166 valence electrons. The van der Waals surface area contributed by atoms with E-state index in [-0.39, 0.29) is 12.1 Å². The van der Waals surface area contributed by atoms with Gasteiger partial charge >= 0.3 is 0 Å². The van der Waals surface area contributed by atoms with Crippen LogP contribution in [0.3, 0.4) is 0 Å². The van der Waals surface area contributed by atoms with Crippen LogP contribution in [-0.2, 0) is 4.79 Å². The fraction of sp³-hybridized carbons (Fsp3) is 0.286. The Kier molecular flexibility index (Phi) is 8.50. The molecule has 0 aromatic heterocycles. The number of rotatable bonds is 10. The first kappa shape index (κ1) is 23.3. The topological polar surface area (TPSA) is 117 Å². The fourth-order valence-electron chi connectivity index (χ4n) is 2.63. The Balaban J connectivity index is 1.99. The molecule has 0 atom stereocenters. The number of hydrazone groups is 1. The lowest BCUT2D eigenvalue weighted by Gasteiger charge is -2.14. The molecule has 0 heterocycles. The Morgan fingerprint density at radius 1 is 0.871 bits per heavy atom. The Labute approximate surface area is 180 Å². The Morgan fingerprint density at radius 2 is 1.52 bits per heavy atom. The van der Waals surface area contributed by atoms with Crippen LogP contribution in [0.2, 0.25) is 0 Å². The standard InChI is InChI=1S/C21H25N3O7/c1-27-15-6-7-16(28-2)14(8-15)11-23-24-19(25)12-22-21(26)13-9-17(29-3)20(31-5)18(10-13)30-4/h6-11H,12H2,1-5H3,(H,22,26)(H,24,25). The number of hydrogen-bond acceptors (Lipinski definition) is 8. The third-order valence-corrected chi connectivity index (χ3v) is 4.17. The zero-order chi connectivity index (χ0) is 22.8. The summed E-state index contributed by atoms with van der Waals surface area (Å²) in [7, 11) is 7.42. The summed E-state index contributed by atoms with van der Waals surface area (Å²) in [5.41, 5.74) is 3.20. The molecule has 0 fully saturated rings. The second kappa shape index (κ2) is 11.3. The molecule has 0 aliphatic rings. The zero-order valence-corrected chi connectivity index (χ0v) is 18.0. The van der Waals surface area contributed by atoms with E-state index in [1.54, 1.807) is 25.3 Å². The number of carbonyl (C=O) groups excluding carboxylic acids is 2. The molecule has 2 amide bonds. The molecule has 2 rings (SSSR count). The first-order valence-electron chi connectivity index (χ1n) is 9.09. The molecule has 0 saturated carbocycles. The molecule has 0 aliphatic heterocycles. The van der Waals surface area contributed by atoms with Crippen LogP contribution in [0.15, 0.2) is 35.4 Å². The summed E-state index contributed by atoms with van der Waals surface area (Å²) in [5.74, 6) is 1.19. The molecule has 0 radical (unpaired) electrons. The summed E-state index contributed by atoms with van der Waals surface area (Å²) >= 11 is 0. The first-order chi connectivity index (χ1) is 15.0. The van der Waals surface area contributed by atoms with Crippen molar-refractivity contribution in [1.29, 1.82) is 0 Å². The lowest BCUT2D eigenvalue weighted by Crippen LogP contribution is -2.35. The van der Waals surface area contributed by atoms with Crippen molar-refractivity contribution in [3.8, 4) is 28.7 Å².